The molecule has 7 nitrogen and oxygen atoms in total. The maximum absolute atomic E-state index is 13.1. The summed E-state index contributed by atoms with van der Waals surface area (Å²) in [6, 6.07) is 11.2. The Bertz CT molecular complexity index is 1270. The summed E-state index contributed by atoms with van der Waals surface area (Å²) in [4.78, 5) is 35.7. The molecule has 0 atom stereocenters. The van der Waals surface area contributed by atoms with Gasteiger partial charge in [-0.25, -0.2) is 4.39 Å². The van der Waals surface area contributed by atoms with E-state index in [1.54, 1.807) is 48.9 Å². The molecular weight excluding hydrogens is 387 g/mol. The van der Waals surface area contributed by atoms with Crippen molar-refractivity contribution in [3.05, 3.63) is 99.5 Å². The van der Waals surface area contributed by atoms with Gasteiger partial charge >= 0.3 is 0 Å². The largest absolute Gasteiger partial charge is 0.505 e. The van der Waals surface area contributed by atoms with E-state index in [0.29, 0.717) is 11.9 Å². The standard InChI is InChI=1S/C22H17FN4O3/c23-16-5-3-13(4-6-16)8-15-9-17-19(25-12-15)20(28)18(22(30)27-17)21(29)26-11-14-2-1-7-24-10-14/h1-7,9-10,12H,8,11H2,(H,26,29)(H2,27,28,30). The van der Waals surface area contributed by atoms with Gasteiger partial charge in [-0.3, -0.25) is 19.6 Å². The lowest BCUT2D eigenvalue weighted by atomic mass is 10.1. The summed E-state index contributed by atoms with van der Waals surface area (Å²) >= 11 is 0. The van der Waals surface area contributed by atoms with Crippen LogP contribution in [-0.4, -0.2) is 26.0 Å². The molecule has 3 N–H and O–H groups in total. The first-order valence-electron chi connectivity index (χ1n) is 9.16. The molecule has 0 fully saturated rings. The number of rotatable bonds is 5. The molecule has 0 spiro atoms. The number of aromatic hydroxyl groups is 1. The number of hydrogen-bond donors (Lipinski definition) is 3. The van der Waals surface area contributed by atoms with Crippen LogP contribution in [0.2, 0.25) is 0 Å². The van der Waals surface area contributed by atoms with Gasteiger partial charge in [0.2, 0.25) is 0 Å². The Morgan fingerprint density at radius 2 is 1.90 bits per heavy atom. The van der Waals surface area contributed by atoms with Gasteiger partial charge in [0.25, 0.3) is 11.5 Å². The van der Waals surface area contributed by atoms with E-state index in [4.69, 9.17) is 0 Å². The monoisotopic (exact) mass is 404 g/mol. The highest BCUT2D eigenvalue weighted by atomic mass is 19.1. The number of nitrogens with zero attached hydrogens (tertiary/aromatic N) is 2. The van der Waals surface area contributed by atoms with Gasteiger partial charge in [0.15, 0.2) is 5.75 Å². The van der Waals surface area contributed by atoms with Gasteiger partial charge in [-0.1, -0.05) is 18.2 Å². The quantitative estimate of drug-likeness (QED) is 0.474. The van der Waals surface area contributed by atoms with Gasteiger partial charge in [-0.05, 0) is 47.4 Å². The molecule has 4 rings (SSSR count). The number of halogens is 1. The molecule has 3 heterocycles. The smallest absolute Gasteiger partial charge is 0.265 e. The summed E-state index contributed by atoms with van der Waals surface area (Å²) < 4.78 is 13.1. The van der Waals surface area contributed by atoms with Crippen LogP contribution >= 0.6 is 0 Å². The van der Waals surface area contributed by atoms with Crippen LogP contribution in [-0.2, 0) is 13.0 Å². The number of pyridine rings is 3. The van der Waals surface area contributed by atoms with Crippen LogP contribution < -0.4 is 10.9 Å². The van der Waals surface area contributed by atoms with Crippen molar-refractivity contribution in [2.75, 3.05) is 0 Å². The third-order valence-electron chi connectivity index (χ3n) is 4.61. The van der Waals surface area contributed by atoms with Crippen molar-refractivity contribution in [3.8, 4) is 5.75 Å². The molecule has 0 bridgehead atoms. The lowest BCUT2D eigenvalue weighted by Gasteiger charge is -2.09. The fourth-order valence-corrected chi connectivity index (χ4v) is 3.12. The summed E-state index contributed by atoms with van der Waals surface area (Å²) in [7, 11) is 0. The number of nitrogens with one attached hydrogen (secondary N) is 2. The van der Waals surface area contributed by atoms with Gasteiger partial charge in [0.05, 0.1) is 5.52 Å². The number of carbonyl (C=O) groups is 1. The maximum atomic E-state index is 13.1. The van der Waals surface area contributed by atoms with Crippen LogP contribution in [0, 0.1) is 5.82 Å². The van der Waals surface area contributed by atoms with Crippen LogP contribution in [0.3, 0.4) is 0 Å². The van der Waals surface area contributed by atoms with Crippen molar-refractivity contribution in [1.82, 2.24) is 20.3 Å². The SMILES string of the molecule is O=C(NCc1cccnc1)c1c(O)c2ncc(Cc3ccc(F)cc3)cc2[nH]c1=O. The molecule has 30 heavy (non-hydrogen) atoms. The Morgan fingerprint density at radius 3 is 2.63 bits per heavy atom. The molecular formula is C22H17FN4O3. The Kier molecular flexibility index (Phi) is 5.21. The number of aromatic nitrogens is 3. The molecule has 0 radical (unpaired) electrons. The van der Waals surface area contributed by atoms with Gasteiger partial charge in [-0.15, -0.1) is 0 Å². The van der Waals surface area contributed by atoms with E-state index in [1.165, 1.54) is 12.1 Å². The predicted octanol–water partition coefficient (Wildman–Crippen LogP) is 2.68. The summed E-state index contributed by atoms with van der Waals surface area (Å²) in [5, 5.41) is 13.1. The maximum Gasteiger partial charge on any atom is 0.265 e. The Balaban J connectivity index is 1.60. The minimum Gasteiger partial charge on any atom is -0.505 e. The van der Waals surface area contributed by atoms with Crippen molar-refractivity contribution < 1.29 is 14.3 Å². The predicted molar refractivity (Wildman–Crippen MR) is 109 cm³/mol. The molecule has 0 aliphatic heterocycles. The average molecular weight is 404 g/mol. The molecule has 4 aromatic rings. The highest BCUT2D eigenvalue weighted by Gasteiger charge is 2.20. The number of fused-ring (bicyclic) bond motifs is 1. The van der Waals surface area contributed by atoms with Crippen LogP contribution in [0.25, 0.3) is 11.0 Å². The minimum atomic E-state index is -0.718. The van der Waals surface area contributed by atoms with Crippen molar-refractivity contribution in [2.45, 2.75) is 13.0 Å². The van der Waals surface area contributed by atoms with Crippen LogP contribution in [0.15, 0.2) is 65.8 Å². The second-order valence-electron chi connectivity index (χ2n) is 6.76. The molecule has 0 unspecified atom stereocenters. The molecule has 8 heteroatoms. The second-order valence-corrected chi connectivity index (χ2v) is 6.76. The third kappa shape index (κ3) is 4.02. The summed E-state index contributed by atoms with van der Waals surface area (Å²) in [6.07, 6.45) is 5.22. The van der Waals surface area contributed by atoms with Gasteiger partial charge in [0.1, 0.15) is 16.9 Å². The van der Waals surface area contributed by atoms with Gasteiger partial charge < -0.3 is 15.4 Å². The Labute approximate surface area is 170 Å². The van der Waals surface area contributed by atoms with E-state index in [9.17, 15) is 19.1 Å². The lowest BCUT2D eigenvalue weighted by Crippen LogP contribution is -2.29. The van der Waals surface area contributed by atoms with E-state index < -0.39 is 22.8 Å². The highest BCUT2D eigenvalue weighted by Crippen LogP contribution is 2.24. The van der Waals surface area contributed by atoms with E-state index >= 15 is 0 Å². The minimum absolute atomic E-state index is 0.115. The molecule has 0 saturated carbocycles. The van der Waals surface area contributed by atoms with E-state index in [-0.39, 0.29) is 17.9 Å². The Morgan fingerprint density at radius 1 is 1.10 bits per heavy atom. The number of H-pyrrole nitrogens is 1. The van der Waals surface area contributed by atoms with Crippen LogP contribution in [0.4, 0.5) is 4.39 Å². The first-order valence-corrected chi connectivity index (χ1v) is 9.16. The zero-order valence-corrected chi connectivity index (χ0v) is 15.7. The van der Waals surface area contributed by atoms with Gasteiger partial charge in [0, 0.05) is 25.1 Å². The third-order valence-corrected chi connectivity index (χ3v) is 4.61. The molecule has 0 saturated heterocycles. The number of carbonyl (C=O) groups excluding carboxylic acids is 1. The number of aromatic amines is 1. The van der Waals surface area contributed by atoms with Crippen molar-refractivity contribution in [2.24, 2.45) is 0 Å². The zero-order valence-electron chi connectivity index (χ0n) is 15.7. The topological polar surface area (TPSA) is 108 Å². The Hall–Kier alpha value is -4.07. The highest BCUT2D eigenvalue weighted by molar-refractivity contribution is 6.01. The number of hydrogen-bond acceptors (Lipinski definition) is 5. The molecule has 3 aromatic heterocycles. The number of amides is 1. The van der Waals surface area contributed by atoms with Crippen LogP contribution in [0.1, 0.15) is 27.0 Å². The van der Waals surface area contributed by atoms with Crippen molar-refractivity contribution >= 4 is 16.9 Å². The van der Waals surface area contributed by atoms with E-state index in [1.807, 2.05) is 0 Å². The molecule has 0 aliphatic rings. The summed E-state index contributed by atoms with van der Waals surface area (Å²) in [5.74, 6) is -1.51. The lowest BCUT2D eigenvalue weighted by molar-refractivity contribution is 0.0947. The second kappa shape index (κ2) is 8.12. The molecule has 0 aliphatic carbocycles. The fraction of sp³-hybridized carbons (Fsp3) is 0.0909. The van der Waals surface area contributed by atoms with E-state index in [0.717, 1.165) is 16.7 Å². The van der Waals surface area contributed by atoms with E-state index in [2.05, 4.69) is 20.3 Å². The summed E-state index contributed by atoms with van der Waals surface area (Å²) in [5.41, 5.74) is 1.69. The molecule has 1 amide bonds. The zero-order chi connectivity index (χ0) is 21.1. The normalized spacial score (nSPS) is 10.8. The fourth-order valence-electron chi connectivity index (χ4n) is 3.12. The van der Waals surface area contributed by atoms with Crippen LogP contribution in [0.5, 0.6) is 5.75 Å². The molecule has 1 aromatic carbocycles. The van der Waals surface area contributed by atoms with Crippen molar-refractivity contribution in [1.29, 1.82) is 0 Å². The average Bonchev–Trinajstić information content (AvgIpc) is 2.74. The number of benzene rings is 1. The summed E-state index contributed by atoms with van der Waals surface area (Å²) in [6.45, 7) is 0.160. The first kappa shape index (κ1) is 19.3. The molecule has 150 valence electrons. The van der Waals surface area contributed by atoms with Crippen molar-refractivity contribution in [3.63, 3.8) is 0 Å². The van der Waals surface area contributed by atoms with Gasteiger partial charge in [-0.2, -0.15) is 0 Å². The first-order chi connectivity index (χ1) is 14.5.